The van der Waals surface area contributed by atoms with Gasteiger partial charge in [-0.2, -0.15) is 0 Å². The van der Waals surface area contributed by atoms with E-state index < -0.39 is 83.7 Å². The number of ether oxygens (including phenoxy) is 5. The third kappa shape index (κ3) is 6.80. The highest BCUT2D eigenvalue weighted by atomic mass is 16.6. The van der Waals surface area contributed by atoms with E-state index in [2.05, 4.69) is 0 Å². The Morgan fingerprint density at radius 2 is 1.70 bits per heavy atom. The maximum absolute atomic E-state index is 13.2. The van der Waals surface area contributed by atoms with Gasteiger partial charge in [0.15, 0.2) is 0 Å². The quantitative estimate of drug-likeness (QED) is 0.211. The molecule has 0 aromatic rings. The van der Waals surface area contributed by atoms with Crippen molar-refractivity contribution in [1.82, 2.24) is 0 Å². The fraction of sp³-hybridized carbons (Fsp3) is 0.710. The van der Waals surface area contributed by atoms with Crippen LogP contribution in [0.1, 0.15) is 74.1 Å². The number of aliphatic hydroxyl groups is 2. The lowest BCUT2D eigenvalue weighted by molar-refractivity contribution is -0.306. The minimum Gasteiger partial charge on any atom is -0.465 e. The molecule has 0 unspecified atom stereocenters. The summed E-state index contributed by atoms with van der Waals surface area (Å²) < 4.78 is 28.0. The highest BCUT2D eigenvalue weighted by Gasteiger charge is 2.73. The Bertz CT molecular complexity index is 1190. The molecule has 12 heteroatoms. The third-order valence-corrected chi connectivity index (χ3v) is 9.71. The fourth-order valence-electron chi connectivity index (χ4n) is 7.27. The average molecular weight is 609 g/mol. The molecule has 0 bridgehead atoms. The van der Waals surface area contributed by atoms with Crippen molar-refractivity contribution in [3.05, 3.63) is 23.3 Å². The molecule has 2 N–H and O–H groups in total. The van der Waals surface area contributed by atoms with Gasteiger partial charge in [-0.15, -0.1) is 0 Å². The molecule has 1 aliphatic heterocycles. The van der Waals surface area contributed by atoms with Crippen LogP contribution in [0, 0.1) is 22.7 Å². The summed E-state index contributed by atoms with van der Waals surface area (Å²) in [6, 6.07) is 0. The van der Waals surface area contributed by atoms with Crippen molar-refractivity contribution in [1.29, 1.82) is 0 Å². The van der Waals surface area contributed by atoms with E-state index in [1.807, 2.05) is 13.8 Å². The monoisotopic (exact) mass is 608 g/mol. The van der Waals surface area contributed by atoms with Gasteiger partial charge in [-0.05, 0) is 50.9 Å². The zero-order valence-corrected chi connectivity index (χ0v) is 26.0. The molecule has 0 spiro atoms. The van der Waals surface area contributed by atoms with Crippen molar-refractivity contribution in [2.24, 2.45) is 22.7 Å². The lowest BCUT2D eigenvalue weighted by atomic mass is 9.41. The molecule has 0 radical (unpaired) electrons. The first kappa shape index (κ1) is 34.2. The summed E-state index contributed by atoms with van der Waals surface area (Å²) >= 11 is 0. The molecule has 0 aromatic heterocycles. The highest BCUT2D eigenvalue weighted by molar-refractivity contribution is 5.87. The zero-order valence-electron chi connectivity index (χ0n) is 26.0. The molecular formula is C31H44O12. The van der Waals surface area contributed by atoms with Crippen molar-refractivity contribution in [2.45, 2.75) is 98.1 Å². The normalized spacial score (nSPS) is 34.7. The van der Waals surface area contributed by atoms with Crippen LogP contribution in [0.5, 0.6) is 0 Å². The second-order valence-electron chi connectivity index (χ2n) is 12.4. The van der Waals surface area contributed by atoms with E-state index in [9.17, 15) is 34.2 Å². The largest absolute Gasteiger partial charge is 0.465 e. The van der Waals surface area contributed by atoms with E-state index in [4.69, 9.17) is 23.7 Å². The van der Waals surface area contributed by atoms with Gasteiger partial charge in [-0.25, -0.2) is 9.59 Å². The van der Waals surface area contributed by atoms with E-state index >= 15 is 0 Å². The number of rotatable bonds is 10. The molecule has 12 nitrogen and oxygen atoms in total. The van der Waals surface area contributed by atoms with E-state index in [1.165, 1.54) is 26.8 Å². The van der Waals surface area contributed by atoms with Crippen LogP contribution < -0.4 is 0 Å². The first-order valence-corrected chi connectivity index (χ1v) is 14.6. The Morgan fingerprint density at radius 1 is 1.07 bits per heavy atom. The van der Waals surface area contributed by atoms with E-state index in [0.29, 0.717) is 11.1 Å². The van der Waals surface area contributed by atoms with Crippen molar-refractivity contribution in [3.63, 3.8) is 0 Å². The first-order chi connectivity index (χ1) is 20.0. The van der Waals surface area contributed by atoms with Crippen molar-refractivity contribution < 1.29 is 57.9 Å². The number of hydrogen-bond acceptors (Lipinski definition) is 12. The Kier molecular flexibility index (Phi) is 10.5. The molecular weight excluding hydrogens is 564 g/mol. The minimum absolute atomic E-state index is 0.0379. The second kappa shape index (κ2) is 13.2. The fourth-order valence-corrected chi connectivity index (χ4v) is 7.27. The summed E-state index contributed by atoms with van der Waals surface area (Å²) in [6.07, 6.45) is 0.0201. The summed E-state index contributed by atoms with van der Waals surface area (Å²) in [5.74, 6) is -4.36. The van der Waals surface area contributed by atoms with Crippen molar-refractivity contribution in [3.8, 4) is 0 Å². The van der Waals surface area contributed by atoms with Crippen LogP contribution in [0.4, 0.5) is 0 Å². The first-order valence-electron chi connectivity index (χ1n) is 14.6. The summed E-state index contributed by atoms with van der Waals surface area (Å²) in [7, 11) is 0. The van der Waals surface area contributed by atoms with E-state index in [0.717, 1.165) is 0 Å². The number of carbonyl (C=O) groups is 5. The SMILES string of the molecule is C/C=C(\C)C(=O)O[C@@H]1CC[C@](O)(COC(C)=O)[C@]2(COC(C)=O)[C@@H](OC(C)=O)C[C@@H](C)[C@](C)(C[C@H](O)C3=CC(=O)OC3)[C@@H]12. The molecule has 43 heavy (non-hydrogen) atoms. The summed E-state index contributed by atoms with van der Waals surface area (Å²) in [4.78, 5) is 61.7. The van der Waals surface area contributed by atoms with Gasteiger partial charge in [0.05, 0.1) is 11.5 Å². The molecule has 0 aromatic carbocycles. The van der Waals surface area contributed by atoms with Crippen LogP contribution in [-0.2, 0) is 47.7 Å². The maximum Gasteiger partial charge on any atom is 0.333 e. The topological polar surface area (TPSA) is 172 Å². The van der Waals surface area contributed by atoms with E-state index in [1.54, 1.807) is 19.9 Å². The molecule has 240 valence electrons. The van der Waals surface area contributed by atoms with Gasteiger partial charge in [0.1, 0.15) is 37.6 Å². The van der Waals surface area contributed by atoms with Crippen LogP contribution in [0.25, 0.3) is 0 Å². The van der Waals surface area contributed by atoms with Crippen LogP contribution in [0.3, 0.4) is 0 Å². The molecule has 8 atom stereocenters. The van der Waals surface area contributed by atoms with Crippen molar-refractivity contribution in [2.75, 3.05) is 19.8 Å². The maximum atomic E-state index is 13.2. The van der Waals surface area contributed by atoms with Crippen molar-refractivity contribution >= 4 is 29.8 Å². The molecule has 2 fully saturated rings. The number of aliphatic hydroxyl groups excluding tert-OH is 1. The summed E-state index contributed by atoms with van der Waals surface area (Å²) in [6.45, 7) is 9.64. The van der Waals surface area contributed by atoms with E-state index in [-0.39, 0.29) is 38.2 Å². The van der Waals surface area contributed by atoms with Crippen LogP contribution in [0.15, 0.2) is 23.3 Å². The number of fused-ring (bicyclic) bond motifs is 1. The van der Waals surface area contributed by atoms with Gasteiger partial charge in [-0.1, -0.05) is 19.9 Å². The zero-order chi connectivity index (χ0) is 32.3. The Balaban J connectivity index is 2.31. The number of carbonyl (C=O) groups excluding carboxylic acids is 5. The number of esters is 5. The minimum atomic E-state index is -1.91. The molecule has 1 heterocycles. The van der Waals surface area contributed by atoms with Crippen LogP contribution in [0.2, 0.25) is 0 Å². The summed E-state index contributed by atoms with van der Waals surface area (Å²) in [5.41, 5.74) is -3.82. The van der Waals surface area contributed by atoms with Gasteiger partial charge in [-0.3, -0.25) is 14.4 Å². The predicted octanol–water partition coefficient (Wildman–Crippen LogP) is 2.33. The molecule has 0 saturated heterocycles. The standard InChI is InChI=1S/C31H44O12/c1-8-17(2)28(37)43-24-9-10-30(38,15-40-19(4)32)31(16-41-20(5)33)25(42-21(6)34)11-18(3)29(7,27(24)31)13-23(35)22-12-26(36)39-14-22/h8,12,18,23-25,27,35,38H,9-11,13-16H2,1-7H3/b17-8+/t18-,23+,24-,25+,27-,29+,30+,31-/m1/s1. The number of allylic oxidation sites excluding steroid dienone is 1. The highest BCUT2D eigenvalue weighted by Crippen LogP contribution is 2.66. The van der Waals surface area contributed by atoms with Gasteiger partial charge >= 0.3 is 29.8 Å². The second-order valence-corrected chi connectivity index (χ2v) is 12.4. The van der Waals surface area contributed by atoms with Crippen LogP contribution in [-0.4, -0.2) is 83.8 Å². The Hall–Kier alpha value is -3.25. The number of hydrogen-bond donors (Lipinski definition) is 2. The Morgan fingerprint density at radius 3 is 2.23 bits per heavy atom. The smallest absolute Gasteiger partial charge is 0.333 e. The number of cyclic esters (lactones) is 1. The summed E-state index contributed by atoms with van der Waals surface area (Å²) in [5, 5.41) is 23.9. The lowest BCUT2D eigenvalue weighted by Gasteiger charge is -2.67. The average Bonchev–Trinajstić information content (AvgIpc) is 3.36. The Labute approximate surface area is 251 Å². The van der Waals surface area contributed by atoms with Crippen LogP contribution >= 0.6 is 0 Å². The van der Waals surface area contributed by atoms with Gasteiger partial charge in [0.2, 0.25) is 0 Å². The molecule has 3 rings (SSSR count). The third-order valence-electron chi connectivity index (χ3n) is 9.71. The van der Waals surface area contributed by atoms with Gasteiger partial charge in [0, 0.05) is 43.9 Å². The van der Waals surface area contributed by atoms with Gasteiger partial charge < -0.3 is 33.9 Å². The molecule has 2 saturated carbocycles. The lowest BCUT2D eigenvalue weighted by Crippen LogP contribution is -2.75. The molecule has 3 aliphatic rings. The molecule has 2 aliphatic carbocycles. The predicted molar refractivity (Wildman–Crippen MR) is 150 cm³/mol. The van der Waals surface area contributed by atoms with Gasteiger partial charge in [0.25, 0.3) is 0 Å². The molecule has 0 amide bonds.